The highest BCUT2D eigenvalue weighted by atomic mass is 16.5. The lowest BCUT2D eigenvalue weighted by Gasteiger charge is -2.34. The Morgan fingerprint density at radius 3 is 2.75 bits per heavy atom. The minimum Gasteiger partial charge on any atom is -0.375 e. The van der Waals surface area contributed by atoms with Crippen molar-refractivity contribution in [3.05, 3.63) is 40.4 Å². The Morgan fingerprint density at radius 1 is 1.25 bits per heavy atom. The van der Waals surface area contributed by atoms with Gasteiger partial charge in [-0.15, -0.1) is 0 Å². The summed E-state index contributed by atoms with van der Waals surface area (Å²) >= 11 is 0. The average Bonchev–Trinajstić information content (AvgIpc) is 2.61. The SMILES string of the molecule is COCC(=O)N1CCN(CCc2nc3ccccc3c(=O)[nH]2)CC1. The Balaban J connectivity index is 1.56. The van der Waals surface area contributed by atoms with Crippen LogP contribution in [-0.4, -0.2) is 72.1 Å². The third-order valence-corrected chi connectivity index (χ3v) is 4.32. The van der Waals surface area contributed by atoms with Gasteiger partial charge in [0.15, 0.2) is 0 Å². The molecule has 3 rings (SSSR count). The number of carbonyl (C=O) groups excluding carboxylic acids is 1. The molecule has 0 unspecified atom stereocenters. The molecule has 0 saturated carbocycles. The summed E-state index contributed by atoms with van der Waals surface area (Å²) in [6, 6.07) is 7.35. The Morgan fingerprint density at radius 2 is 2.00 bits per heavy atom. The van der Waals surface area contributed by atoms with Gasteiger partial charge in [0.05, 0.1) is 10.9 Å². The van der Waals surface area contributed by atoms with Crippen LogP contribution in [0.1, 0.15) is 5.82 Å². The first kappa shape index (κ1) is 16.6. The lowest BCUT2D eigenvalue weighted by Crippen LogP contribution is -2.50. The van der Waals surface area contributed by atoms with E-state index in [0.29, 0.717) is 30.7 Å². The fourth-order valence-electron chi connectivity index (χ4n) is 2.95. The molecule has 1 aliphatic rings. The number of rotatable bonds is 5. The molecule has 0 aliphatic carbocycles. The van der Waals surface area contributed by atoms with Gasteiger partial charge in [0.25, 0.3) is 5.56 Å². The van der Waals surface area contributed by atoms with Crippen molar-refractivity contribution >= 4 is 16.8 Å². The summed E-state index contributed by atoms with van der Waals surface area (Å²) in [5.41, 5.74) is 0.636. The molecule has 1 aromatic heterocycles. The molecule has 1 saturated heterocycles. The quantitative estimate of drug-likeness (QED) is 0.851. The van der Waals surface area contributed by atoms with Gasteiger partial charge in [-0.1, -0.05) is 12.1 Å². The van der Waals surface area contributed by atoms with Gasteiger partial charge in [0.1, 0.15) is 12.4 Å². The van der Waals surface area contributed by atoms with E-state index >= 15 is 0 Å². The Labute approximate surface area is 140 Å². The van der Waals surface area contributed by atoms with Crippen LogP contribution in [0.3, 0.4) is 0 Å². The number of nitrogens with zero attached hydrogens (tertiary/aromatic N) is 3. The second-order valence-corrected chi connectivity index (χ2v) is 5.94. The molecule has 2 heterocycles. The van der Waals surface area contributed by atoms with E-state index < -0.39 is 0 Å². The van der Waals surface area contributed by atoms with Crippen LogP contribution < -0.4 is 5.56 Å². The smallest absolute Gasteiger partial charge is 0.258 e. The zero-order valence-electron chi connectivity index (χ0n) is 13.8. The molecular weight excluding hydrogens is 308 g/mol. The van der Waals surface area contributed by atoms with E-state index in [0.717, 1.165) is 25.2 Å². The van der Waals surface area contributed by atoms with Crippen molar-refractivity contribution in [3.63, 3.8) is 0 Å². The zero-order valence-corrected chi connectivity index (χ0v) is 13.8. The minimum atomic E-state index is -0.0921. The number of piperazine rings is 1. The van der Waals surface area contributed by atoms with E-state index in [1.807, 2.05) is 23.1 Å². The summed E-state index contributed by atoms with van der Waals surface area (Å²) in [5.74, 6) is 0.745. The number of fused-ring (bicyclic) bond motifs is 1. The summed E-state index contributed by atoms with van der Waals surface area (Å²) in [7, 11) is 1.53. The molecule has 1 aliphatic heterocycles. The molecule has 1 aromatic carbocycles. The highest BCUT2D eigenvalue weighted by Crippen LogP contribution is 2.07. The fourth-order valence-corrected chi connectivity index (χ4v) is 2.95. The largest absolute Gasteiger partial charge is 0.375 e. The van der Waals surface area contributed by atoms with Crippen LogP contribution in [0.5, 0.6) is 0 Å². The van der Waals surface area contributed by atoms with Gasteiger partial charge in [0.2, 0.25) is 5.91 Å². The lowest BCUT2D eigenvalue weighted by molar-refractivity contribution is -0.136. The van der Waals surface area contributed by atoms with Crippen molar-refractivity contribution < 1.29 is 9.53 Å². The summed E-state index contributed by atoms with van der Waals surface area (Å²) in [6.45, 7) is 4.03. The van der Waals surface area contributed by atoms with E-state index in [-0.39, 0.29) is 18.1 Å². The number of ether oxygens (including phenoxy) is 1. The first-order valence-electron chi connectivity index (χ1n) is 8.14. The van der Waals surface area contributed by atoms with Gasteiger partial charge in [-0.3, -0.25) is 14.5 Å². The van der Waals surface area contributed by atoms with Crippen LogP contribution in [0.25, 0.3) is 10.9 Å². The van der Waals surface area contributed by atoms with Gasteiger partial charge < -0.3 is 14.6 Å². The van der Waals surface area contributed by atoms with Crippen molar-refractivity contribution in [1.29, 1.82) is 0 Å². The molecule has 24 heavy (non-hydrogen) atoms. The number of nitrogens with one attached hydrogen (secondary N) is 1. The summed E-state index contributed by atoms with van der Waals surface area (Å²) in [6.07, 6.45) is 0.687. The normalized spacial score (nSPS) is 15.8. The van der Waals surface area contributed by atoms with Crippen LogP contribution in [-0.2, 0) is 16.0 Å². The number of carbonyl (C=O) groups is 1. The molecule has 128 valence electrons. The third kappa shape index (κ3) is 3.80. The fraction of sp³-hybridized carbons (Fsp3) is 0.471. The molecule has 0 bridgehead atoms. The van der Waals surface area contributed by atoms with Crippen LogP contribution in [0.2, 0.25) is 0 Å². The topological polar surface area (TPSA) is 78.5 Å². The maximum Gasteiger partial charge on any atom is 0.258 e. The van der Waals surface area contributed by atoms with E-state index in [2.05, 4.69) is 14.9 Å². The Kier molecular flexibility index (Phi) is 5.22. The number of hydrogen-bond donors (Lipinski definition) is 1. The number of hydrogen-bond acceptors (Lipinski definition) is 5. The Bertz CT molecular complexity index is 766. The molecule has 0 spiro atoms. The summed E-state index contributed by atoms with van der Waals surface area (Å²) < 4.78 is 4.89. The maximum absolute atomic E-state index is 12.1. The number of para-hydroxylation sites is 1. The first-order valence-corrected chi connectivity index (χ1v) is 8.14. The number of H-pyrrole nitrogens is 1. The van der Waals surface area contributed by atoms with Crippen LogP contribution in [0, 0.1) is 0 Å². The Hall–Kier alpha value is -2.25. The monoisotopic (exact) mass is 330 g/mol. The van der Waals surface area contributed by atoms with Crippen molar-refractivity contribution in [1.82, 2.24) is 19.8 Å². The highest BCUT2D eigenvalue weighted by Gasteiger charge is 2.20. The number of benzene rings is 1. The molecule has 0 radical (unpaired) electrons. The van der Waals surface area contributed by atoms with E-state index in [1.54, 1.807) is 6.07 Å². The van der Waals surface area contributed by atoms with Gasteiger partial charge in [-0.2, -0.15) is 0 Å². The number of aromatic nitrogens is 2. The number of aromatic amines is 1. The second-order valence-electron chi connectivity index (χ2n) is 5.94. The summed E-state index contributed by atoms with van der Waals surface area (Å²) in [4.78, 5) is 35.3. The van der Waals surface area contributed by atoms with Crippen LogP contribution in [0.15, 0.2) is 29.1 Å². The zero-order chi connectivity index (χ0) is 16.9. The predicted molar refractivity (Wildman–Crippen MR) is 91.0 cm³/mol. The predicted octanol–water partition coefficient (Wildman–Crippen LogP) is 0.256. The minimum absolute atomic E-state index is 0.0395. The molecule has 1 N–H and O–H groups in total. The average molecular weight is 330 g/mol. The molecule has 1 amide bonds. The second kappa shape index (κ2) is 7.55. The molecule has 7 nitrogen and oxygen atoms in total. The van der Waals surface area contributed by atoms with Crippen molar-refractivity contribution in [2.75, 3.05) is 46.4 Å². The lowest BCUT2D eigenvalue weighted by atomic mass is 10.2. The molecule has 1 fully saturated rings. The van der Waals surface area contributed by atoms with Crippen molar-refractivity contribution in [2.45, 2.75) is 6.42 Å². The molecule has 7 heteroatoms. The van der Waals surface area contributed by atoms with Crippen LogP contribution in [0.4, 0.5) is 0 Å². The van der Waals surface area contributed by atoms with E-state index in [9.17, 15) is 9.59 Å². The third-order valence-electron chi connectivity index (χ3n) is 4.32. The van der Waals surface area contributed by atoms with Crippen molar-refractivity contribution in [3.8, 4) is 0 Å². The van der Waals surface area contributed by atoms with Gasteiger partial charge in [0, 0.05) is 46.3 Å². The number of amides is 1. The van der Waals surface area contributed by atoms with Crippen LogP contribution >= 0.6 is 0 Å². The van der Waals surface area contributed by atoms with Gasteiger partial charge in [-0.05, 0) is 12.1 Å². The van der Waals surface area contributed by atoms with Gasteiger partial charge in [-0.25, -0.2) is 4.98 Å². The van der Waals surface area contributed by atoms with Crippen molar-refractivity contribution in [2.24, 2.45) is 0 Å². The van der Waals surface area contributed by atoms with E-state index in [4.69, 9.17) is 4.74 Å². The number of methoxy groups -OCH3 is 1. The summed E-state index contributed by atoms with van der Waals surface area (Å²) in [5, 5.41) is 0.617. The molecule has 0 atom stereocenters. The maximum atomic E-state index is 12.1. The molecule has 2 aromatic rings. The molecular formula is C17H22N4O3. The first-order chi connectivity index (χ1) is 11.7. The van der Waals surface area contributed by atoms with Gasteiger partial charge >= 0.3 is 0 Å². The standard InChI is InChI=1S/C17H22N4O3/c1-24-12-16(22)21-10-8-20(9-11-21)7-6-15-18-14-5-3-2-4-13(14)17(23)19-15/h2-5H,6-12H2,1H3,(H,18,19,23). The highest BCUT2D eigenvalue weighted by molar-refractivity contribution is 5.77. The van der Waals surface area contributed by atoms with E-state index in [1.165, 1.54) is 7.11 Å².